The maximum atomic E-state index is 11.0. The fourth-order valence-electron chi connectivity index (χ4n) is 1.20. The molecule has 5 heteroatoms. The van der Waals surface area contributed by atoms with Gasteiger partial charge in [-0.2, -0.15) is 0 Å². The molecule has 0 aromatic heterocycles. The summed E-state index contributed by atoms with van der Waals surface area (Å²) in [6.07, 6.45) is 5.06. The van der Waals surface area contributed by atoms with Gasteiger partial charge >= 0.3 is 5.97 Å². The van der Waals surface area contributed by atoms with E-state index in [9.17, 15) is 4.79 Å². The minimum absolute atomic E-state index is 0.164. The van der Waals surface area contributed by atoms with Crippen molar-refractivity contribution in [1.82, 2.24) is 5.32 Å². The molecule has 1 aromatic carbocycles. The van der Waals surface area contributed by atoms with E-state index in [1.165, 1.54) is 6.07 Å². The Morgan fingerprint density at radius 2 is 2.19 bits per heavy atom. The van der Waals surface area contributed by atoms with Crippen LogP contribution in [0.5, 0.6) is 0 Å². The second-order valence-corrected chi connectivity index (χ2v) is 3.84. The van der Waals surface area contributed by atoms with Gasteiger partial charge in [-0.1, -0.05) is 35.2 Å². The Labute approximate surface area is 103 Å². The lowest BCUT2D eigenvalue weighted by molar-refractivity contribution is -0.139. The van der Waals surface area contributed by atoms with E-state index in [1.807, 2.05) is 0 Å². The van der Waals surface area contributed by atoms with Crippen LogP contribution >= 0.6 is 23.2 Å². The fourth-order valence-corrected chi connectivity index (χ4v) is 1.51. The highest BCUT2D eigenvalue weighted by Gasteiger charge is 2.19. The number of nitrogens with one attached hydrogen (secondary N) is 1. The topological polar surface area (TPSA) is 49.3 Å². The summed E-state index contributed by atoms with van der Waals surface area (Å²) in [6, 6.07) is 3.76. The fraction of sp³-hybridized carbons (Fsp3) is 0.182. The zero-order valence-corrected chi connectivity index (χ0v) is 9.72. The van der Waals surface area contributed by atoms with E-state index in [-0.39, 0.29) is 6.54 Å². The molecule has 1 atom stereocenters. The third-order valence-corrected chi connectivity index (χ3v) is 2.67. The number of carbonyl (C=O) groups is 1. The maximum Gasteiger partial charge on any atom is 0.325 e. The van der Waals surface area contributed by atoms with Crippen molar-refractivity contribution < 1.29 is 9.90 Å². The van der Waals surface area contributed by atoms with Gasteiger partial charge in [-0.05, 0) is 17.7 Å². The molecule has 2 N–H and O–H groups in total. The molecule has 1 aromatic rings. The molecule has 0 saturated carbocycles. The van der Waals surface area contributed by atoms with E-state index in [1.54, 1.807) is 12.1 Å². The highest BCUT2D eigenvalue weighted by atomic mass is 35.5. The summed E-state index contributed by atoms with van der Waals surface area (Å²) in [6.45, 7) is 0.164. The highest BCUT2D eigenvalue weighted by molar-refractivity contribution is 6.42. The molecule has 0 bridgehead atoms. The van der Waals surface area contributed by atoms with Crippen LogP contribution in [0.2, 0.25) is 10.0 Å². The molecule has 0 aliphatic rings. The Bertz CT molecular complexity index is 440. The molecule has 0 saturated heterocycles. The molecule has 3 nitrogen and oxygen atoms in total. The molecule has 84 valence electrons. The summed E-state index contributed by atoms with van der Waals surface area (Å²) in [5, 5.41) is 12.4. The van der Waals surface area contributed by atoms with Crippen LogP contribution in [0.25, 0.3) is 0 Å². The normalized spacial score (nSPS) is 11.8. The molecule has 1 unspecified atom stereocenters. The summed E-state index contributed by atoms with van der Waals surface area (Å²) >= 11 is 11.5. The Morgan fingerprint density at radius 1 is 1.50 bits per heavy atom. The third-order valence-electron chi connectivity index (χ3n) is 1.93. The Kier molecular flexibility index (Phi) is 4.63. The highest BCUT2D eigenvalue weighted by Crippen LogP contribution is 2.25. The predicted molar refractivity (Wildman–Crippen MR) is 63.7 cm³/mol. The van der Waals surface area contributed by atoms with E-state index in [0.717, 1.165) is 0 Å². The minimum atomic E-state index is -1.02. The molecule has 0 amide bonds. The van der Waals surface area contributed by atoms with E-state index in [0.29, 0.717) is 15.6 Å². The van der Waals surface area contributed by atoms with Crippen molar-refractivity contribution in [3.05, 3.63) is 33.8 Å². The van der Waals surface area contributed by atoms with E-state index in [2.05, 4.69) is 11.2 Å². The van der Waals surface area contributed by atoms with Crippen molar-refractivity contribution in [2.45, 2.75) is 6.04 Å². The minimum Gasteiger partial charge on any atom is -0.480 e. The summed E-state index contributed by atoms with van der Waals surface area (Å²) in [7, 11) is 0. The first-order chi connectivity index (χ1) is 7.56. The predicted octanol–water partition coefficient (Wildman–Crippen LogP) is 2.34. The Hall–Kier alpha value is -1.21. The summed E-state index contributed by atoms with van der Waals surface area (Å²) < 4.78 is 0. The van der Waals surface area contributed by atoms with Crippen molar-refractivity contribution >= 4 is 29.2 Å². The Morgan fingerprint density at radius 3 is 2.69 bits per heavy atom. The number of benzene rings is 1. The van der Waals surface area contributed by atoms with Gasteiger partial charge in [-0.25, -0.2) is 0 Å². The van der Waals surface area contributed by atoms with Crippen LogP contribution in [-0.2, 0) is 4.79 Å². The molecule has 0 spiro atoms. The number of halogens is 2. The second kappa shape index (κ2) is 5.76. The van der Waals surface area contributed by atoms with Crippen molar-refractivity contribution in [3.8, 4) is 12.3 Å². The van der Waals surface area contributed by atoms with Crippen LogP contribution in [0.3, 0.4) is 0 Å². The molecule has 0 aliphatic heterocycles. The molecular weight excluding hydrogens is 249 g/mol. The number of aliphatic carboxylic acids is 1. The number of carboxylic acids is 1. The van der Waals surface area contributed by atoms with Gasteiger partial charge in [0.2, 0.25) is 0 Å². The van der Waals surface area contributed by atoms with Gasteiger partial charge in [0.05, 0.1) is 16.6 Å². The summed E-state index contributed by atoms with van der Waals surface area (Å²) in [5.74, 6) is 1.30. The van der Waals surface area contributed by atoms with E-state index < -0.39 is 12.0 Å². The monoisotopic (exact) mass is 257 g/mol. The number of carboxylic acid groups (broad SMARTS) is 1. The average molecular weight is 258 g/mol. The first kappa shape index (κ1) is 12.9. The summed E-state index contributed by atoms with van der Waals surface area (Å²) in [5.41, 5.74) is 0.511. The number of hydrogen-bond donors (Lipinski definition) is 2. The molecular formula is C11H9Cl2NO2. The molecule has 0 heterocycles. The molecule has 16 heavy (non-hydrogen) atoms. The Balaban J connectivity index is 2.97. The van der Waals surface area contributed by atoms with Crippen molar-refractivity contribution in [3.63, 3.8) is 0 Å². The van der Waals surface area contributed by atoms with Crippen LogP contribution < -0.4 is 5.32 Å². The number of terminal acetylenes is 1. The molecule has 0 aliphatic carbocycles. The second-order valence-electron chi connectivity index (χ2n) is 3.03. The van der Waals surface area contributed by atoms with Crippen LogP contribution in [0.15, 0.2) is 18.2 Å². The SMILES string of the molecule is C#CCNC(C(=O)O)c1ccc(Cl)c(Cl)c1. The lowest BCUT2D eigenvalue weighted by Gasteiger charge is -2.13. The molecule has 1 rings (SSSR count). The van der Waals surface area contributed by atoms with Crippen molar-refractivity contribution in [2.24, 2.45) is 0 Å². The third kappa shape index (κ3) is 3.14. The van der Waals surface area contributed by atoms with Gasteiger partial charge in [-0.3, -0.25) is 10.1 Å². The smallest absolute Gasteiger partial charge is 0.325 e. The van der Waals surface area contributed by atoms with E-state index >= 15 is 0 Å². The average Bonchev–Trinajstić information content (AvgIpc) is 2.23. The zero-order valence-electron chi connectivity index (χ0n) is 8.21. The van der Waals surface area contributed by atoms with Gasteiger partial charge in [0.15, 0.2) is 0 Å². The van der Waals surface area contributed by atoms with Crippen LogP contribution in [-0.4, -0.2) is 17.6 Å². The van der Waals surface area contributed by atoms with Crippen LogP contribution in [0, 0.1) is 12.3 Å². The standard InChI is InChI=1S/C11H9Cl2NO2/c1-2-5-14-10(11(15)16)7-3-4-8(12)9(13)6-7/h1,3-4,6,10,14H,5H2,(H,15,16). The van der Waals surface area contributed by atoms with Gasteiger partial charge in [0.1, 0.15) is 6.04 Å². The van der Waals surface area contributed by atoms with Gasteiger partial charge in [0, 0.05) is 0 Å². The van der Waals surface area contributed by atoms with Gasteiger partial charge in [0.25, 0.3) is 0 Å². The van der Waals surface area contributed by atoms with Gasteiger partial charge < -0.3 is 5.11 Å². The first-order valence-electron chi connectivity index (χ1n) is 4.41. The van der Waals surface area contributed by atoms with Crippen LogP contribution in [0.4, 0.5) is 0 Å². The first-order valence-corrected chi connectivity index (χ1v) is 5.16. The molecule has 0 radical (unpaired) electrons. The lowest BCUT2D eigenvalue weighted by atomic mass is 10.1. The van der Waals surface area contributed by atoms with E-state index in [4.69, 9.17) is 34.7 Å². The lowest BCUT2D eigenvalue weighted by Crippen LogP contribution is -2.28. The van der Waals surface area contributed by atoms with Crippen LogP contribution in [0.1, 0.15) is 11.6 Å². The van der Waals surface area contributed by atoms with Gasteiger partial charge in [-0.15, -0.1) is 6.42 Å². The molecule has 0 fully saturated rings. The zero-order chi connectivity index (χ0) is 12.1. The summed E-state index contributed by atoms with van der Waals surface area (Å²) in [4.78, 5) is 11.0. The largest absolute Gasteiger partial charge is 0.480 e. The quantitative estimate of drug-likeness (QED) is 0.815. The number of hydrogen-bond acceptors (Lipinski definition) is 2. The van der Waals surface area contributed by atoms with Crippen molar-refractivity contribution in [1.29, 1.82) is 0 Å². The van der Waals surface area contributed by atoms with Crippen molar-refractivity contribution in [2.75, 3.05) is 6.54 Å². The maximum absolute atomic E-state index is 11.0. The number of rotatable bonds is 4.